The van der Waals surface area contributed by atoms with Crippen molar-refractivity contribution in [2.75, 3.05) is 0 Å². The first-order valence-corrected chi connectivity index (χ1v) is 7.65. The molecule has 20 heavy (non-hydrogen) atoms. The lowest BCUT2D eigenvalue weighted by Gasteiger charge is -2.14. The minimum Gasteiger partial charge on any atom is -0.310 e. The second-order valence-electron chi connectivity index (χ2n) is 5.08. The fourth-order valence-corrected chi connectivity index (χ4v) is 2.65. The molecule has 0 aliphatic rings. The first kappa shape index (κ1) is 15.2. The highest BCUT2D eigenvalue weighted by Gasteiger charge is 2.04. The van der Waals surface area contributed by atoms with Crippen LogP contribution >= 0.6 is 15.9 Å². The Hall–Kier alpha value is -1.19. The molecule has 0 heterocycles. The molecule has 0 aliphatic heterocycles. The van der Waals surface area contributed by atoms with Crippen LogP contribution in [0.4, 0.5) is 4.39 Å². The van der Waals surface area contributed by atoms with Crippen LogP contribution in [0.15, 0.2) is 53.0 Å². The van der Waals surface area contributed by atoms with Crippen LogP contribution < -0.4 is 5.32 Å². The Kier molecular flexibility index (Phi) is 5.74. The van der Waals surface area contributed by atoms with E-state index >= 15 is 0 Å². The minimum absolute atomic E-state index is 0.201. The Labute approximate surface area is 128 Å². The minimum atomic E-state index is -0.201. The maximum atomic E-state index is 13.3. The molecule has 0 aliphatic carbocycles. The normalized spacial score (nSPS) is 12.3. The summed E-state index contributed by atoms with van der Waals surface area (Å²) in [6, 6.07) is 15.9. The van der Waals surface area contributed by atoms with Gasteiger partial charge in [-0.1, -0.05) is 46.3 Å². The van der Waals surface area contributed by atoms with Gasteiger partial charge in [0.25, 0.3) is 0 Å². The molecule has 1 atom stereocenters. The summed E-state index contributed by atoms with van der Waals surface area (Å²) in [5.41, 5.74) is 2.32. The maximum Gasteiger partial charge on any atom is 0.124 e. The number of halogens is 2. The summed E-state index contributed by atoms with van der Waals surface area (Å²) in [6.45, 7) is 2.85. The fourth-order valence-electron chi connectivity index (χ4n) is 2.14. The summed E-state index contributed by atoms with van der Waals surface area (Å²) in [5, 5.41) is 3.44. The van der Waals surface area contributed by atoms with E-state index in [1.807, 2.05) is 12.1 Å². The van der Waals surface area contributed by atoms with Crippen LogP contribution in [-0.4, -0.2) is 6.04 Å². The van der Waals surface area contributed by atoms with Crippen molar-refractivity contribution in [2.24, 2.45) is 0 Å². The highest BCUT2D eigenvalue weighted by atomic mass is 79.9. The fraction of sp³-hybridized carbons (Fsp3) is 0.294. The number of aryl methyl sites for hydroxylation is 1. The molecule has 0 amide bonds. The lowest BCUT2D eigenvalue weighted by molar-refractivity contribution is 0.512. The van der Waals surface area contributed by atoms with Crippen molar-refractivity contribution in [1.29, 1.82) is 0 Å². The van der Waals surface area contributed by atoms with Crippen molar-refractivity contribution in [3.8, 4) is 0 Å². The molecule has 1 unspecified atom stereocenters. The van der Waals surface area contributed by atoms with Crippen LogP contribution in [0, 0.1) is 5.82 Å². The van der Waals surface area contributed by atoms with Gasteiger partial charge in [-0.25, -0.2) is 4.39 Å². The van der Waals surface area contributed by atoms with Crippen LogP contribution in [0.25, 0.3) is 0 Å². The molecule has 0 fully saturated rings. The van der Waals surface area contributed by atoms with E-state index in [2.05, 4.69) is 52.4 Å². The third-order valence-corrected chi connectivity index (χ3v) is 3.74. The zero-order valence-corrected chi connectivity index (χ0v) is 13.2. The number of benzene rings is 2. The van der Waals surface area contributed by atoms with E-state index in [9.17, 15) is 4.39 Å². The summed E-state index contributed by atoms with van der Waals surface area (Å²) in [6.07, 6.45) is 2.13. The van der Waals surface area contributed by atoms with Crippen LogP contribution in [0.1, 0.15) is 24.5 Å². The molecule has 106 valence electrons. The van der Waals surface area contributed by atoms with Gasteiger partial charge in [-0.2, -0.15) is 0 Å². The van der Waals surface area contributed by atoms with Gasteiger partial charge in [0.15, 0.2) is 0 Å². The molecule has 0 bridgehead atoms. The largest absolute Gasteiger partial charge is 0.310 e. The standard InChI is InChI=1S/C17H19BrFN/c1-13(7-8-14-5-3-2-4-6-14)20-12-15-9-16(18)11-17(19)10-15/h2-6,9-11,13,20H,7-8,12H2,1H3. The van der Waals surface area contributed by atoms with E-state index in [-0.39, 0.29) is 5.82 Å². The molecule has 2 aromatic rings. The van der Waals surface area contributed by atoms with Gasteiger partial charge in [-0.15, -0.1) is 0 Å². The molecule has 1 N–H and O–H groups in total. The molecule has 3 heteroatoms. The van der Waals surface area contributed by atoms with E-state index in [1.165, 1.54) is 11.6 Å². The third kappa shape index (κ3) is 5.06. The van der Waals surface area contributed by atoms with E-state index in [1.54, 1.807) is 6.07 Å². The van der Waals surface area contributed by atoms with E-state index in [0.29, 0.717) is 12.6 Å². The summed E-state index contributed by atoms with van der Waals surface area (Å²) in [5.74, 6) is -0.201. The van der Waals surface area contributed by atoms with Crippen molar-refractivity contribution in [1.82, 2.24) is 5.32 Å². The van der Waals surface area contributed by atoms with Crippen LogP contribution in [0.2, 0.25) is 0 Å². The van der Waals surface area contributed by atoms with Gasteiger partial charge >= 0.3 is 0 Å². The first-order valence-electron chi connectivity index (χ1n) is 6.86. The lowest BCUT2D eigenvalue weighted by Crippen LogP contribution is -2.26. The van der Waals surface area contributed by atoms with Crippen LogP contribution in [0.3, 0.4) is 0 Å². The number of nitrogens with one attached hydrogen (secondary N) is 1. The molecule has 0 spiro atoms. The molecular weight excluding hydrogens is 317 g/mol. The van der Waals surface area contributed by atoms with Gasteiger partial charge in [0.1, 0.15) is 5.82 Å². The van der Waals surface area contributed by atoms with Gasteiger partial charge in [0.2, 0.25) is 0 Å². The highest BCUT2D eigenvalue weighted by Crippen LogP contribution is 2.15. The summed E-state index contributed by atoms with van der Waals surface area (Å²) >= 11 is 3.31. The monoisotopic (exact) mass is 335 g/mol. The van der Waals surface area contributed by atoms with E-state index in [0.717, 1.165) is 22.9 Å². The topological polar surface area (TPSA) is 12.0 Å². The van der Waals surface area contributed by atoms with E-state index in [4.69, 9.17) is 0 Å². The second kappa shape index (κ2) is 7.55. The number of hydrogen-bond acceptors (Lipinski definition) is 1. The predicted octanol–water partition coefficient (Wildman–Crippen LogP) is 4.70. The number of hydrogen-bond donors (Lipinski definition) is 1. The zero-order valence-electron chi connectivity index (χ0n) is 11.6. The van der Waals surface area contributed by atoms with Crippen LogP contribution in [0.5, 0.6) is 0 Å². The smallest absolute Gasteiger partial charge is 0.124 e. The molecular formula is C17H19BrFN. The Morgan fingerprint density at radius 2 is 1.85 bits per heavy atom. The quantitative estimate of drug-likeness (QED) is 0.806. The number of rotatable bonds is 6. The first-order chi connectivity index (χ1) is 9.63. The van der Waals surface area contributed by atoms with Crippen molar-refractivity contribution in [2.45, 2.75) is 32.4 Å². The van der Waals surface area contributed by atoms with Crippen LogP contribution in [-0.2, 0) is 13.0 Å². The van der Waals surface area contributed by atoms with Crippen molar-refractivity contribution >= 4 is 15.9 Å². The molecule has 0 aromatic heterocycles. The highest BCUT2D eigenvalue weighted by molar-refractivity contribution is 9.10. The molecule has 0 radical (unpaired) electrons. The third-order valence-electron chi connectivity index (χ3n) is 3.29. The van der Waals surface area contributed by atoms with E-state index < -0.39 is 0 Å². The van der Waals surface area contributed by atoms with Gasteiger partial charge in [-0.05, 0) is 49.1 Å². The average molecular weight is 336 g/mol. The summed E-state index contributed by atoms with van der Waals surface area (Å²) < 4.78 is 14.0. The van der Waals surface area contributed by atoms with Gasteiger partial charge in [0, 0.05) is 17.1 Å². The zero-order chi connectivity index (χ0) is 14.4. The summed E-state index contributed by atoms with van der Waals surface area (Å²) in [4.78, 5) is 0. The Balaban J connectivity index is 1.78. The van der Waals surface area contributed by atoms with Crippen molar-refractivity contribution in [3.05, 3.63) is 69.9 Å². The average Bonchev–Trinajstić information content (AvgIpc) is 2.43. The van der Waals surface area contributed by atoms with Gasteiger partial charge in [-0.3, -0.25) is 0 Å². The Morgan fingerprint density at radius 3 is 2.55 bits per heavy atom. The van der Waals surface area contributed by atoms with Gasteiger partial charge in [0.05, 0.1) is 0 Å². The molecule has 0 saturated carbocycles. The molecule has 2 aromatic carbocycles. The van der Waals surface area contributed by atoms with Crippen molar-refractivity contribution in [3.63, 3.8) is 0 Å². The van der Waals surface area contributed by atoms with Crippen molar-refractivity contribution < 1.29 is 4.39 Å². The van der Waals surface area contributed by atoms with Gasteiger partial charge < -0.3 is 5.32 Å². The second-order valence-corrected chi connectivity index (χ2v) is 6.00. The molecule has 1 nitrogen and oxygen atoms in total. The molecule has 0 saturated heterocycles. The molecule has 2 rings (SSSR count). The SMILES string of the molecule is CC(CCc1ccccc1)NCc1cc(F)cc(Br)c1. The maximum absolute atomic E-state index is 13.3. The lowest BCUT2D eigenvalue weighted by atomic mass is 10.1. The predicted molar refractivity (Wildman–Crippen MR) is 85.2 cm³/mol. The Bertz CT molecular complexity index is 522. The Morgan fingerprint density at radius 1 is 1.10 bits per heavy atom. The summed E-state index contributed by atoms with van der Waals surface area (Å²) in [7, 11) is 0.